The number of nitrogens with zero attached hydrogens (tertiary/aromatic N) is 2. The molecule has 3 aromatic carbocycles. The highest BCUT2D eigenvalue weighted by Gasteiger charge is 2.18. The van der Waals surface area contributed by atoms with Crippen LogP contribution in [0.15, 0.2) is 77.7 Å². The molecule has 0 bridgehead atoms. The van der Waals surface area contributed by atoms with Gasteiger partial charge in [-0.05, 0) is 48.9 Å². The zero-order valence-electron chi connectivity index (χ0n) is 18.5. The molecule has 0 aliphatic rings. The number of carbonyl (C=O) groups excluding carboxylic acids is 1. The van der Waals surface area contributed by atoms with Gasteiger partial charge in [-0.2, -0.15) is 0 Å². The van der Waals surface area contributed by atoms with Gasteiger partial charge < -0.3 is 4.74 Å². The number of sulfonamides is 1. The molecular formula is C25H25N3O4S. The van der Waals surface area contributed by atoms with Crippen molar-refractivity contribution in [3.63, 3.8) is 0 Å². The normalized spacial score (nSPS) is 11.5. The van der Waals surface area contributed by atoms with E-state index in [4.69, 9.17) is 9.72 Å². The van der Waals surface area contributed by atoms with Gasteiger partial charge in [0, 0.05) is 18.5 Å². The highest BCUT2D eigenvalue weighted by molar-refractivity contribution is 7.90. The van der Waals surface area contributed by atoms with Gasteiger partial charge in [-0.3, -0.25) is 4.57 Å². The summed E-state index contributed by atoms with van der Waals surface area (Å²) in [5.74, 6) is 0.985. The van der Waals surface area contributed by atoms with Crippen molar-refractivity contribution in [3.8, 4) is 5.69 Å². The Morgan fingerprint density at radius 1 is 1.00 bits per heavy atom. The monoisotopic (exact) mass is 463 g/mol. The van der Waals surface area contributed by atoms with E-state index in [1.165, 1.54) is 12.1 Å². The van der Waals surface area contributed by atoms with Crippen LogP contribution in [0.4, 0.5) is 4.79 Å². The summed E-state index contributed by atoms with van der Waals surface area (Å²) >= 11 is 0. The van der Waals surface area contributed by atoms with Crippen LogP contribution in [-0.2, 0) is 27.6 Å². The van der Waals surface area contributed by atoms with E-state index in [-0.39, 0.29) is 11.5 Å². The number of aryl methyl sites for hydroxylation is 2. The van der Waals surface area contributed by atoms with Crippen molar-refractivity contribution in [1.29, 1.82) is 0 Å². The molecule has 4 rings (SSSR count). The zero-order chi connectivity index (χ0) is 23.4. The molecule has 0 radical (unpaired) electrons. The van der Waals surface area contributed by atoms with Crippen molar-refractivity contribution < 1.29 is 17.9 Å². The van der Waals surface area contributed by atoms with Crippen molar-refractivity contribution in [1.82, 2.24) is 14.3 Å². The Morgan fingerprint density at radius 3 is 2.39 bits per heavy atom. The molecule has 0 atom stereocenters. The summed E-state index contributed by atoms with van der Waals surface area (Å²) in [6.45, 7) is 3.99. The van der Waals surface area contributed by atoms with Gasteiger partial charge in [-0.1, -0.05) is 48.9 Å². The SMILES string of the molecule is CCc1nc2ccccc2n1-c1ccc(CCOC(=O)NS(=O)(=O)c2ccc(C)cc2)cc1. The molecule has 1 aromatic heterocycles. The molecule has 8 heteroatoms. The highest BCUT2D eigenvalue weighted by atomic mass is 32.2. The van der Waals surface area contributed by atoms with Gasteiger partial charge in [0.25, 0.3) is 10.0 Å². The second kappa shape index (κ2) is 9.46. The first-order chi connectivity index (χ1) is 15.9. The molecule has 0 saturated carbocycles. The number of aromatic nitrogens is 2. The van der Waals surface area contributed by atoms with E-state index >= 15 is 0 Å². The second-order valence-corrected chi connectivity index (χ2v) is 9.36. The lowest BCUT2D eigenvalue weighted by atomic mass is 10.1. The summed E-state index contributed by atoms with van der Waals surface area (Å²) in [6, 6.07) is 22.2. The van der Waals surface area contributed by atoms with E-state index in [0.29, 0.717) is 6.42 Å². The number of nitrogens with one attached hydrogen (secondary N) is 1. The molecule has 0 spiro atoms. The zero-order valence-corrected chi connectivity index (χ0v) is 19.3. The lowest BCUT2D eigenvalue weighted by Crippen LogP contribution is -2.31. The largest absolute Gasteiger partial charge is 0.448 e. The first kappa shape index (κ1) is 22.5. The molecule has 170 valence electrons. The van der Waals surface area contributed by atoms with E-state index < -0.39 is 16.1 Å². The average molecular weight is 464 g/mol. The first-order valence-corrected chi connectivity index (χ1v) is 12.2. The van der Waals surface area contributed by atoms with E-state index in [2.05, 4.69) is 11.5 Å². The number of hydrogen-bond donors (Lipinski definition) is 1. The summed E-state index contributed by atoms with van der Waals surface area (Å²) in [4.78, 5) is 16.7. The summed E-state index contributed by atoms with van der Waals surface area (Å²) in [6.07, 6.45) is 0.277. The predicted molar refractivity (Wildman–Crippen MR) is 127 cm³/mol. The fraction of sp³-hybridized carbons (Fsp3) is 0.200. The van der Waals surface area contributed by atoms with E-state index in [1.54, 1.807) is 12.1 Å². The number of benzene rings is 3. The summed E-state index contributed by atoms with van der Waals surface area (Å²) < 4.78 is 33.7. The fourth-order valence-corrected chi connectivity index (χ4v) is 4.48. The molecule has 7 nitrogen and oxygen atoms in total. The number of para-hydroxylation sites is 2. The minimum Gasteiger partial charge on any atom is -0.448 e. The Bertz CT molecular complexity index is 1380. The van der Waals surface area contributed by atoms with Crippen LogP contribution >= 0.6 is 0 Å². The van der Waals surface area contributed by atoms with Crippen LogP contribution in [0.1, 0.15) is 23.9 Å². The predicted octanol–water partition coefficient (Wildman–Crippen LogP) is 4.55. The number of fused-ring (bicyclic) bond motifs is 1. The molecule has 1 N–H and O–H groups in total. The Hall–Kier alpha value is -3.65. The van der Waals surface area contributed by atoms with Gasteiger partial charge in [0.15, 0.2) is 0 Å². The second-order valence-electron chi connectivity index (χ2n) is 7.68. The molecule has 0 fully saturated rings. The molecule has 0 aliphatic heterocycles. The van der Waals surface area contributed by atoms with Crippen molar-refractivity contribution >= 4 is 27.1 Å². The van der Waals surface area contributed by atoms with Gasteiger partial charge in [0.05, 0.1) is 22.5 Å². The van der Waals surface area contributed by atoms with Crippen LogP contribution in [0.5, 0.6) is 0 Å². The van der Waals surface area contributed by atoms with Gasteiger partial charge in [0.1, 0.15) is 5.82 Å². The smallest absolute Gasteiger partial charge is 0.421 e. The summed E-state index contributed by atoms with van der Waals surface area (Å²) in [5.41, 5.74) is 4.91. The van der Waals surface area contributed by atoms with Crippen LogP contribution in [-0.4, -0.2) is 30.7 Å². The standard InChI is InChI=1S/C25H25N3O4S/c1-3-24-26-22-6-4-5-7-23(22)28(24)20-12-10-19(11-13-20)16-17-32-25(29)27-33(30,31)21-14-8-18(2)9-15-21/h4-15H,3,16-17H2,1-2H3,(H,27,29). The number of rotatable bonds is 7. The maximum Gasteiger partial charge on any atom is 0.421 e. The Labute approximate surface area is 193 Å². The topological polar surface area (TPSA) is 90.3 Å². The third-order valence-corrected chi connectivity index (χ3v) is 6.64. The molecular weight excluding hydrogens is 438 g/mol. The third-order valence-electron chi connectivity index (χ3n) is 5.31. The lowest BCUT2D eigenvalue weighted by molar-refractivity contribution is 0.154. The van der Waals surface area contributed by atoms with Gasteiger partial charge in [0.2, 0.25) is 0 Å². The number of imidazole rings is 1. The molecule has 0 aliphatic carbocycles. The van der Waals surface area contributed by atoms with E-state index in [9.17, 15) is 13.2 Å². The minimum atomic E-state index is -3.96. The van der Waals surface area contributed by atoms with Crippen LogP contribution in [0.2, 0.25) is 0 Å². The van der Waals surface area contributed by atoms with Crippen LogP contribution in [0, 0.1) is 6.92 Å². The van der Waals surface area contributed by atoms with Crippen LogP contribution < -0.4 is 4.72 Å². The summed E-state index contributed by atoms with van der Waals surface area (Å²) in [5, 5.41) is 0. The number of amides is 1. The number of ether oxygens (including phenoxy) is 1. The highest BCUT2D eigenvalue weighted by Crippen LogP contribution is 2.22. The molecule has 1 heterocycles. The van der Waals surface area contributed by atoms with Gasteiger partial charge >= 0.3 is 6.09 Å². The Kier molecular flexibility index (Phi) is 6.46. The maximum absolute atomic E-state index is 12.3. The van der Waals surface area contributed by atoms with E-state index in [1.807, 2.05) is 60.2 Å². The molecule has 1 amide bonds. The summed E-state index contributed by atoms with van der Waals surface area (Å²) in [7, 11) is -3.96. The van der Waals surface area contributed by atoms with Gasteiger partial charge in [-0.25, -0.2) is 22.9 Å². The van der Waals surface area contributed by atoms with Crippen molar-refractivity contribution in [2.75, 3.05) is 6.61 Å². The van der Waals surface area contributed by atoms with E-state index in [0.717, 1.165) is 40.1 Å². The van der Waals surface area contributed by atoms with Crippen LogP contribution in [0.3, 0.4) is 0 Å². The third kappa shape index (κ3) is 5.06. The van der Waals surface area contributed by atoms with Crippen molar-refractivity contribution in [3.05, 3.63) is 89.7 Å². The quantitative estimate of drug-likeness (QED) is 0.434. The molecule has 0 unspecified atom stereocenters. The number of carbonyl (C=O) groups is 1. The van der Waals surface area contributed by atoms with Crippen LogP contribution in [0.25, 0.3) is 16.7 Å². The first-order valence-electron chi connectivity index (χ1n) is 10.7. The van der Waals surface area contributed by atoms with Crippen molar-refractivity contribution in [2.24, 2.45) is 0 Å². The average Bonchev–Trinajstić information content (AvgIpc) is 3.18. The minimum absolute atomic E-state index is 0.0131. The Morgan fingerprint density at radius 2 is 1.70 bits per heavy atom. The fourth-order valence-electron chi connectivity index (χ4n) is 3.59. The van der Waals surface area contributed by atoms with Crippen molar-refractivity contribution in [2.45, 2.75) is 31.6 Å². The molecule has 4 aromatic rings. The maximum atomic E-state index is 12.3. The molecule has 33 heavy (non-hydrogen) atoms. The molecule has 0 saturated heterocycles. The Balaban J connectivity index is 1.37. The van der Waals surface area contributed by atoms with Gasteiger partial charge in [-0.15, -0.1) is 0 Å². The lowest BCUT2D eigenvalue weighted by Gasteiger charge is -2.10. The number of hydrogen-bond acceptors (Lipinski definition) is 5.